The van der Waals surface area contributed by atoms with Gasteiger partial charge in [-0.15, -0.1) is 0 Å². The molecule has 0 saturated carbocycles. The third kappa shape index (κ3) is 6.25. The van der Waals surface area contributed by atoms with E-state index in [4.69, 9.17) is 9.47 Å². The van der Waals surface area contributed by atoms with Gasteiger partial charge in [0.2, 0.25) is 0 Å². The Morgan fingerprint density at radius 3 is 2.64 bits per heavy atom. The Balaban J connectivity index is 2.38. The van der Waals surface area contributed by atoms with E-state index in [0.717, 1.165) is 5.56 Å². The smallest absolute Gasteiger partial charge is 0.347 e. The number of carbonyl (C=O) groups excluding carboxylic acids is 3. The fraction of sp³-hybridized carbons (Fsp3) is 0.400. The summed E-state index contributed by atoms with van der Waals surface area (Å²) in [7, 11) is 0. The van der Waals surface area contributed by atoms with Gasteiger partial charge in [0.1, 0.15) is 5.75 Å². The zero-order valence-electron chi connectivity index (χ0n) is 12.8. The molecule has 0 radical (unpaired) electrons. The maximum atomic E-state index is 11.7. The van der Waals surface area contributed by atoms with E-state index < -0.39 is 30.6 Å². The molecule has 0 unspecified atom stereocenters. The molecule has 0 heterocycles. The minimum Gasteiger partial charge on any atom is -0.479 e. The van der Waals surface area contributed by atoms with E-state index in [2.05, 4.69) is 5.32 Å². The van der Waals surface area contributed by atoms with Crippen LogP contribution < -0.4 is 15.4 Å². The van der Waals surface area contributed by atoms with E-state index in [1.807, 2.05) is 24.4 Å². The zero-order valence-corrected chi connectivity index (χ0v) is 12.8. The van der Waals surface area contributed by atoms with Gasteiger partial charge in [-0.25, -0.2) is 9.59 Å². The van der Waals surface area contributed by atoms with Crippen molar-refractivity contribution in [3.8, 4) is 5.75 Å². The quantitative estimate of drug-likeness (QED) is 0.769. The molecule has 0 aliphatic rings. The molecule has 120 valence electrons. The second-order valence-electron chi connectivity index (χ2n) is 4.59. The van der Waals surface area contributed by atoms with Gasteiger partial charge in [-0.2, -0.15) is 0 Å². The van der Waals surface area contributed by atoms with E-state index in [-0.39, 0.29) is 0 Å². The van der Waals surface area contributed by atoms with Crippen LogP contribution in [0.25, 0.3) is 0 Å². The van der Waals surface area contributed by atoms with Gasteiger partial charge >= 0.3 is 12.0 Å². The molecule has 22 heavy (non-hydrogen) atoms. The third-order valence-corrected chi connectivity index (χ3v) is 2.57. The van der Waals surface area contributed by atoms with Gasteiger partial charge in [0.25, 0.3) is 5.91 Å². The molecule has 1 rings (SSSR count). The number of nitrogens with one attached hydrogen (secondary N) is 2. The van der Waals surface area contributed by atoms with E-state index in [1.54, 1.807) is 19.1 Å². The predicted molar refractivity (Wildman–Crippen MR) is 79.4 cm³/mol. The highest BCUT2D eigenvalue weighted by Gasteiger charge is 2.18. The van der Waals surface area contributed by atoms with Crippen LogP contribution in [0.2, 0.25) is 0 Å². The molecule has 7 nitrogen and oxygen atoms in total. The van der Waals surface area contributed by atoms with Crippen LogP contribution in [-0.4, -0.2) is 37.2 Å². The molecule has 1 atom stereocenters. The molecule has 1 aromatic carbocycles. The van der Waals surface area contributed by atoms with E-state index in [1.165, 1.54) is 6.92 Å². The first kappa shape index (κ1) is 17.5. The summed E-state index contributed by atoms with van der Waals surface area (Å²) in [5.41, 5.74) is 0.999. The number of hydrogen-bond acceptors (Lipinski definition) is 5. The number of amides is 3. The summed E-state index contributed by atoms with van der Waals surface area (Å²) in [5, 5.41) is 4.41. The monoisotopic (exact) mass is 308 g/mol. The van der Waals surface area contributed by atoms with Crippen molar-refractivity contribution in [1.29, 1.82) is 0 Å². The summed E-state index contributed by atoms with van der Waals surface area (Å²) in [6.45, 7) is 4.99. The molecule has 0 spiro atoms. The number of aryl methyl sites for hydroxylation is 1. The molecule has 0 aliphatic heterocycles. The summed E-state index contributed by atoms with van der Waals surface area (Å²) >= 11 is 0. The standard InChI is InChI=1S/C15H20N2O5/c1-4-16-15(20)17-13(18)9-21-14(19)11(3)22-12-7-5-6-10(2)8-12/h5-8,11H,4,9H2,1-3H3,(H2,16,17,18,20)/t11-/m0/s1. The lowest BCUT2D eigenvalue weighted by atomic mass is 10.2. The van der Waals surface area contributed by atoms with E-state index in [0.29, 0.717) is 12.3 Å². The Labute approximate surface area is 129 Å². The van der Waals surface area contributed by atoms with Crippen molar-refractivity contribution in [2.45, 2.75) is 26.9 Å². The van der Waals surface area contributed by atoms with Crippen molar-refractivity contribution < 1.29 is 23.9 Å². The summed E-state index contributed by atoms with van der Waals surface area (Å²) in [4.78, 5) is 34.2. The molecule has 1 aromatic rings. The van der Waals surface area contributed by atoms with Crippen molar-refractivity contribution >= 4 is 17.9 Å². The van der Waals surface area contributed by atoms with Crippen molar-refractivity contribution in [1.82, 2.24) is 10.6 Å². The summed E-state index contributed by atoms with van der Waals surface area (Å²) < 4.78 is 10.2. The molecule has 3 amide bonds. The lowest BCUT2D eigenvalue weighted by Crippen LogP contribution is -2.41. The predicted octanol–water partition coefficient (Wildman–Crippen LogP) is 1.15. The number of urea groups is 1. The largest absolute Gasteiger partial charge is 0.479 e. The van der Waals surface area contributed by atoms with E-state index >= 15 is 0 Å². The maximum Gasteiger partial charge on any atom is 0.347 e. The summed E-state index contributed by atoms with van der Waals surface area (Å²) in [5.74, 6) is -0.856. The fourth-order valence-corrected chi connectivity index (χ4v) is 1.56. The van der Waals surface area contributed by atoms with Crippen LogP contribution in [0, 0.1) is 6.92 Å². The second kappa shape index (κ2) is 8.66. The van der Waals surface area contributed by atoms with Crippen molar-refractivity contribution in [3.63, 3.8) is 0 Å². The molecule has 2 N–H and O–H groups in total. The number of ether oxygens (including phenoxy) is 2. The Morgan fingerprint density at radius 2 is 2.00 bits per heavy atom. The number of carbonyl (C=O) groups is 3. The van der Waals surface area contributed by atoms with Gasteiger partial charge in [0.15, 0.2) is 12.7 Å². The van der Waals surface area contributed by atoms with Crippen LogP contribution in [0.1, 0.15) is 19.4 Å². The number of rotatable bonds is 6. The lowest BCUT2D eigenvalue weighted by molar-refractivity contribution is -0.154. The van der Waals surface area contributed by atoms with Crippen molar-refractivity contribution in [2.24, 2.45) is 0 Å². The summed E-state index contributed by atoms with van der Waals surface area (Å²) in [6, 6.07) is 6.58. The number of esters is 1. The van der Waals surface area contributed by atoms with Gasteiger partial charge in [-0.3, -0.25) is 10.1 Å². The average molecular weight is 308 g/mol. The minimum absolute atomic E-state index is 0.389. The first-order valence-electron chi connectivity index (χ1n) is 6.90. The van der Waals surface area contributed by atoms with Crippen LogP contribution in [0.5, 0.6) is 5.75 Å². The third-order valence-electron chi connectivity index (χ3n) is 2.57. The normalized spacial score (nSPS) is 11.2. The molecule has 7 heteroatoms. The van der Waals surface area contributed by atoms with Gasteiger partial charge in [-0.05, 0) is 38.5 Å². The molecule has 0 aromatic heterocycles. The van der Waals surface area contributed by atoms with Crippen LogP contribution in [0.3, 0.4) is 0 Å². The fourth-order valence-electron chi connectivity index (χ4n) is 1.56. The number of hydrogen-bond donors (Lipinski definition) is 2. The average Bonchev–Trinajstić information content (AvgIpc) is 2.44. The van der Waals surface area contributed by atoms with Gasteiger partial charge < -0.3 is 14.8 Å². The van der Waals surface area contributed by atoms with Crippen molar-refractivity contribution in [2.75, 3.05) is 13.2 Å². The van der Waals surface area contributed by atoms with Crippen molar-refractivity contribution in [3.05, 3.63) is 29.8 Å². The molecule has 0 aliphatic carbocycles. The molecule has 0 bridgehead atoms. The van der Waals surface area contributed by atoms with Crippen LogP contribution in [0.15, 0.2) is 24.3 Å². The second-order valence-corrected chi connectivity index (χ2v) is 4.59. The Morgan fingerprint density at radius 1 is 1.27 bits per heavy atom. The Kier molecular flexibility index (Phi) is 6.88. The summed E-state index contributed by atoms with van der Waals surface area (Å²) in [6.07, 6.45) is -0.862. The molecule has 0 fully saturated rings. The van der Waals surface area contributed by atoms with Gasteiger partial charge in [0.05, 0.1) is 0 Å². The Hall–Kier alpha value is -2.57. The molecular weight excluding hydrogens is 288 g/mol. The number of benzene rings is 1. The van der Waals surface area contributed by atoms with Gasteiger partial charge in [0, 0.05) is 6.54 Å². The first-order valence-corrected chi connectivity index (χ1v) is 6.90. The van der Waals surface area contributed by atoms with Crippen LogP contribution in [0.4, 0.5) is 4.79 Å². The Bertz CT molecular complexity index is 544. The van der Waals surface area contributed by atoms with Gasteiger partial charge in [-0.1, -0.05) is 12.1 Å². The highest BCUT2D eigenvalue weighted by molar-refractivity contribution is 5.95. The molecular formula is C15H20N2O5. The minimum atomic E-state index is -0.862. The topological polar surface area (TPSA) is 93.7 Å². The highest BCUT2D eigenvalue weighted by Crippen LogP contribution is 2.14. The lowest BCUT2D eigenvalue weighted by Gasteiger charge is -2.14. The van der Waals surface area contributed by atoms with E-state index in [9.17, 15) is 14.4 Å². The maximum absolute atomic E-state index is 11.7. The van der Waals surface area contributed by atoms with Crippen LogP contribution >= 0.6 is 0 Å². The van der Waals surface area contributed by atoms with Crippen LogP contribution in [-0.2, 0) is 14.3 Å². The molecule has 0 saturated heterocycles. The SMILES string of the molecule is CCNC(=O)NC(=O)COC(=O)[C@H](C)Oc1cccc(C)c1. The number of imide groups is 1. The zero-order chi connectivity index (χ0) is 16.5. The first-order chi connectivity index (χ1) is 10.4. The highest BCUT2D eigenvalue weighted by atomic mass is 16.6.